The van der Waals surface area contributed by atoms with Gasteiger partial charge < -0.3 is 10.1 Å². The van der Waals surface area contributed by atoms with E-state index in [-0.39, 0.29) is 22.2 Å². The first-order valence-electron chi connectivity index (χ1n) is 11.2. The molecule has 2 amide bonds. The molecule has 7 nitrogen and oxygen atoms in total. The van der Waals surface area contributed by atoms with Gasteiger partial charge in [-0.3, -0.25) is 9.59 Å². The fourth-order valence-electron chi connectivity index (χ4n) is 3.26. The Morgan fingerprint density at radius 1 is 0.769 bits per heavy atom. The highest BCUT2D eigenvalue weighted by molar-refractivity contribution is 9.10. The number of esters is 1. The maximum absolute atomic E-state index is 12.6. The number of carbonyl (C=O) groups is 3. The molecule has 39 heavy (non-hydrogen) atoms. The number of nitrogens with one attached hydrogen (secondary N) is 2. The molecule has 0 aliphatic heterocycles. The first kappa shape index (κ1) is 28.5. The lowest BCUT2D eigenvalue weighted by atomic mass is 10.1. The van der Waals surface area contributed by atoms with Gasteiger partial charge in [-0.05, 0) is 84.9 Å². The topological polar surface area (TPSA) is 96.9 Å². The highest BCUT2D eigenvalue weighted by Gasteiger charge is 2.15. The average molecular weight is 690 g/mol. The Bertz CT molecular complexity index is 1580. The molecular formula is C28H17Br2Cl2N3O4. The smallest absolute Gasteiger partial charge is 0.345 e. The van der Waals surface area contributed by atoms with Crippen molar-refractivity contribution in [3.05, 3.63) is 126 Å². The molecule has 0 saturated heterocycles. The summed E-state index contributed by atoms with van der Waals surface area (Å²) in [6.07, 6.45) is 1.35. The minimum Gasteiger partial charge on any atom is -0.422 e. The number of hydrogen-bond acceptors (Lipinski definition) is 5. The fourth-order valence-corrected chi connectivity index (χ4v) is 4.39. The number of carbonyl (C=O) groups excluding carboxylic acids is 3. The molecule has 0 fully saturated rings. The van der Waals surface area contributed by atoms with Crippen LogP contribution < -0.4 is 15.5 Å². The molecule has 4 aromatic rings. The molecule has 2 N–H and O–H groups in total. The molecule has 0 bridgehead atoms. The van der Waals surface area contributed by atoms with Crippen molar-refractivity contribution >= 4 is 84.7 Å². The van der Waals surface area contributed by atoms with Crippen LogP contribution in [0.25, 0.3) is 0 Å². The van der Waals surface area contributed by atoms with Gasteiger partial charge in [0.1, 0.15) is 5.75 Å². The predicted molar refractivity (Wildman–Crippen MR) is 159 cm³/mol. The first-order chi connectivity index (χ1) is 18.7. The molecule has 4 aromatic carbocycles. The zero-order valence-electron chi connectivity index (χ0n) is 19.8. The Morgan fingerprint density at radius 3 is 2.10 bits per heavy atom. The SMILES string of the molecule is O=C(N/N=C\c1cc(Br)ccc1OC(=O)c1ccc(Cl)cc1Cl)c1ccc(NC(=O)c2ccc(Br)cc2)cc1. The van der Waals surface area contributed by atoms with Crippen molar-refractivity contribution in [2.75, 3.05) is 5.32 Å². The van der Waals surface area contributed by atoms with Crippen molar-refractivity contribution < 1.29 is 19.1 Å². The second kappa shape index (κ2) is 13.0. The van der Waals surface area contributed by atoms with E-state index in [1.54, 1.807) is 66.7 Å². The van der Waals surface area contributed by atoms with Gasteiger partial charge in [-0.15, -0.1) is 0 Å². The summed E-state index contributed by atoms with van der Waals surface area (Å²) in [7, 11) is 0. The zero-order valence-corrected chi connectivity index (χ0v) is 24.4. The summed E-state index contributed by atoms with van der Waals surface area (Å²) in [4.78, 5) is 37.6. The van der Waals surface area contributed by atoms with Gasteiger partial charge in [0, 0.05) is 36.3 Å². The third-order valence-electron chi connectivity index (χ3n) is 5.21. The van der Waals surface area contributed by atoms with Gasteiger partial charge in [0.2, 0.25) is 0 Å². The number of rotatable bonds is 7. The Morgan fingerprint density at radius 2 is 1.41 bits per heavy atom. The average Bonchev–Trinajstić information content (AvgIpc) is 2.90. The highest BCUT2D eigenvalue weighted by atomic mass is 79.9. The van der Waals surface area contributed by atoms with E-state index in [0.29, 0.717) is 31.9 Å². The molecule has 4 rings (SSSR count). The van der Waals surface area contributed by atoms with Gasteiger partial charge in [-0.2, -0.15) is 5.10 Å². The number of nitrogens with zero attached hydrogens (tertiary/aromatic N) is 1. The zero-order chi connectivity index (χ0) is 27.9. The van der Waals surface area contributed by atoms with Crippen LogP contribution in [0.1, 0.15) is 36.6 Å². The van der Waals surface area contributed by atoms with Gasteiger partial charge in [-0.25, -0.2) is 10.2 Å². The van der Waals surface area contributed by atoms with Crippen molar-refractivity contribution in [2.24, 2.45) is 5.10 Å². The van der Waals surface area contributed by atoms with E-state index in [0.717, 1.165) is 4.47 Å². The van der Waals surface area contributed by atoms with Crippen LogP contribution in [-0.4, -0.2) is 24.0 Å². The number of ether oxygens (including phenoxy) is 1. The molecule has 0 radical (unpaired) electrons. The van der Waals surface area contributed by atoms with E-state index >= 15 is 0 Å². The summed E-state index contributed by atoms with van der Waals surface area (Å²) in [5, 5.41) is 7.32. The number of amides is 2. The molecule has 0 saturated carbocycles. The Kier molecular flexibility index (Phi) is 9.53. The first-order valence-corrected chi connectivity index (χ1v) is 13.5. The molecule has 0 atom stereocenters. The normalized spacial score (nSPS) is 10.8. The molecule has 0 aliphatic carbocycles. The molecule has 0 spiro atoms. The summed E-state index contributed by atoms with van der Waals surface area (Å²) in [6, 6.07) is 22.7. The number of hydrazone groups is 1. The molecule has 0 heterocycles. The summed E-state index contributed by atoms with van der Waals surface area (Å²) >= 11 is 18.7. The largest absolute Gasteiger partial charge is 0.422 e. The number of hydrogen-bond donors (Lipinski definition) is 2. The van der Waals surface area contributed by atoms with Gasteiger partial charge in [-0.1, -0.05) is 55.1 Å². The second-order valence-electron chi connectivity index (χ2n) is 7.93. The molecule has 0 unspecified atom stereocenters. The third-order valence-corrected chi connectivity index (χ3v) is 6.78. The highest BCUT2D eigenvalue weighted by Crippen LogP contribution is 2.26. The lowest BCUT2D eigenvalue weighted by molar-refractivity contribution is 0.0734. The molecular weight excluding hydrogens is 673 g/mol. The summed E-state index contributed by atoms with van der Waals surface area (Å²) in [6.45, 7) is 0. The third kappa shape index (κ3) is 7.77. The van der Waals surface area contributed by atoms with Crippen LogP contribution in [0.4, 0.5) is 5.69 Å². The Labute approximate surface area is 250 Å². The van der Waals surface area contributed by atoms with E-state index in [1.165, 1.54) is 24.4 Å². The maximum atomic E-state index is 12.6. The molecule has 196 valence electrons. The number of benzene rings is 4. The quantitative estimate of drug-likeness (QED) is 0.0898. The van der Waals surface area contributed by atoms with E-state index in [2.05, 4.69) is 47.7 Å². The lowest BCUT2D eigenvalue weighted by Gasteiger charge is -2.09. The van der Waals surface area contributed by atoms with E-state index in [1.807, 2.05) is 0 Å². The number of anilines is 1. The lowest BCUT2D eigenvalue weighted by Crippen LogP contribution is -2.18. The van der Waals surface area contributed by atoms with E-state index < -0.39 is 11.9 Å². The van der Waals surface area contributed by atoms with Crippen LogP contribution in [0.15, 0.2) is 99.0 Å². The fraction of sp³-hybridized carbons (Fsp3) is 0. The number of halogens is 4. The van der Waals surface area contributed by atoms with E-state index in [4.69, 9.17) is 27.9 Å². The van der Waals surface area contributed by atoms with Crippen LogP contribution in [0.3, 0.4) is 0 Å². The summed E-state index contributed by atoms with van der Waals surface area (Å²) in [5.41, 5.74) is 4.37. The van der Waals surface area contributed by atoms with E-state index in [9.17, 15) is 14.4 Å². The van der Waals surface area contributed by atoms with Crippen LogP contribution in [0.5, 0.6) is 5.75 Å². The van der Waals surface area contributed by atoms with Crippen LogP contribution in [0, 0.1) is 0 Å². The maximum Gasteiger partial charge on any atom is 0.345 e. The Balaban J connectivity index is 1.39. The van der Waals surface area contributed by atoms with Gasteiger partial charge in [0.25, 0.3) is 11.8 Å². The minimum atomic E-state index is -0.676. The van der Waals surface area contributed by atoms with Crippen molar-refractivity contribution in [2.45, 2.75) is 0 Å². The standard InChI is InChI=1S/C28H17Br2Cl2N3O4/c29-19-5-1-16(2-6-19)26(36)34-22-9-3-17(4-10-22)27(37)35-33-15-18-13-20(30)7-12-25(18)39-28(38)23-11-8-21(31)14-24(23)32/h1-15H,(H,34,36)(H,35,37)/b33-15-. The molecule has 0 aliphatic rings. The Hall–Kier alpha value is -3.50. The summed E-state index contributed by atoms with van der Waals surface area (Å²) in [5.74, 6) is -1.21. The van der Waals surface area contributed by atoms with Gasteiger partial charge >= 0.3 is 5.97 Å². The van der Waals surface area contributed by atoms with Crippen molar-refractivity contribution in [3.63, 3.8) is 0 Å². The van der Waals surface area contributed by atoms with Gasteiger partial charge in [0.05, 0.1) is 16.8 Å². The van der Waals surface area contributed by atoms with Crippen molar-refractivity contribution in [1.29, 1.82) is 0 Å². The van der Waals surface area contributed by atoms with Crippen LogP contribution in [-0.2, 0) is 0 Å². The molecule has 0 aromatic heterocycles. The second-order valence-corrected chi connectivity index (χ2v) is 10.6. The molecule has 11 heteroatoms. The van der Waals surface area contributed by atoms with Gasteiger partial charge in [0.15, 0.2) is 0 Å². The van der Waals surface area contributed by atoms with Crippen LogP contribution >= 0.6 is 55.1 Å². The van der Waals surface area contributed by atoms with Crippen molar-refractivity contribution in [1.82, 2.24) is 5.43 Å². The minimum absolute atomic E-state index is 0.150. The van der Waals surface area contributed by atoms with Crippen molar-refractivity contribution in [3.8, 4) is 5.75 Å². The monoisotopic (exact) mass is 687 g/mol. The van der Waals surface area contributed by atoms with Crippen LogP contribution in [0.2, 0.25) is 10.0 Å². The predicted octanol–water partition coefficient (Wildman–Crippen LogP) is 7.75. The summed E-state index contributed by atoms with van der Waals surface area (Å²) < 4.78 is 7.08.